The molecule has 13 heteroatoms. The van der Waals surface area contributed by atoms with E-state index in [1.807, 2.05) is 36.4 Å². The summed E-state index contributed by atoms with van der Waals surface area (Å²) in [5.74, 6) is 0.400. The molecule has 0 heterocycles. The fraction of sp³-hybridized carbons (Fsp3) is 0.478. The second-order valence-corrected chi connectivity index (χ2v) is 17.7. The Morgan fingerprint density at radius 3 is 1.34 bits per heavy atom. The van der Waals surface area contributed by atoms with Crippen LogP contribution in [0.2, 0.25) is 0 Å². The third-order valence-electron chi connectivity index (χ3n) is 9.71. The summed E-state index contributed by atoms with van der Waals surface area (Å²) >= 11 is 0. The minimum atomic E-state index is -4.70. The molecule has 0 spiro atoms. The Labute approximate surface area is 383 Å². The SMILES string of the molecule is CCCCCCCCCCCc1cccc(Oc2cc(O)cc(S(=O)(=O)O)c2)c1.CCCCCCCCCCCc1cccc(Oc2cc([O-])cc(S(=O)(=O)[O-])c2)c1.[Ca+2]. The van der Waals surface area contributed by atoms with Gasteiger partial charge in [-0.2, -0.15) is 8.42 Å². The number of hydrogen-bond donors (Lipinski definition) is 2. The first-order chi connectivity index (χ1) is 27.8. The normalized spacial score (nSPS) is 11.3. The number of rotatable bonds is 26. The maximum atomic E-state index is 11.6. The number of unbranched alkanes of at least 4 members (excludes halogenated alkanes) is 16. The van der Waals surface area contributed by atoms with Crippen molar-refractivity contribution in [2.75, 3.05) is 0 Å². The van der Waals surface area contributed by atoms with Gasteiger partial charge in [-0.15, -0.1) is 5.75 Å². The van der Waals surface area contributed by atoms with Crippen molar-refractivity contribution in [2.24, 2.45) is 0 Å². The molecule has 0 bridgehead atoms. The van der Waals surface area contributed by atoms with Gasteiger partial charge in [-0.1, -0.05) is 147 Å². The summed E-state index contributed by atoms with van der Waals surface area (Å²) in [6.07, 6.45) is 25.0. The molecule has 0 amide bonds. The van der Waals surface area contributed by atoms with Gasteiger partial charge in [0.2, 0.25) is 0 Å². The molecule has 2 N–H and O–H groups in total. The van der Waals surface area contributed by atoms with E-state index in [9.17, 15) is 31.6 Å². The van der Waals surface area contributed by atoms with Crippen LogP contribution in [0, 0.1) is 0 Å². The first-order valence-electron chi connectivity index (χ1n) is 20.9. The Balaban J connectivity index is 0.000000400. The van der Waals surface area contributed by atoms with Crippen molar-refractivity contribution in [3.05, 3.63) is 96.1 Å². The first-order valence-corrected chi connectivity index (χ1v) is 23.7. The van der Waals surface area contributed by atoms with Crippen LogP contribution in [0.15, 0.2) is 94.7 Å². The van der Waals surface area contributed by atoms with Crippen LogP contribution < -0.4 is 14.6 Å². The number of ether oxygens (including phenoxy) is 2. The molecule has 0 saturated heterocycles. The number of aromatic hydroxyl groups is 1. The van der Waals surface area contributed by atoms with E-state index < -0.39 is 35.8 Å². The van der Waals surface area contributed by atoms with Crippen LogP contribution in [0.4, 0.5) is 0 Å². The van der Waals surface area contributed by atoms with Crippen LogP contribution in [0.1, 0.15) is 141 Å². The molecule has 0 fully saturated rings. The molecule has 320 valence electrons. The fourth-order valence-electron chi connectivity index (χ4n) is 6.59. The molecule has 10 nitrogen and oxygen atoms in total. The summed E-state index contributed by atoms with van der Waals surface area (Å²) in [6.45, 7) is 4.47. The van der Waals surface area contributed by atoms with E-state index in [1.165, 1.54) is 121 Å². The Hall–Kier alpha value is -2.84. The quantitative estimate of drug-likeness (QED) is 0.0351. The third-order valence-corrected chi connectivity index (χ3v) is 11.4. The zero-order chi connectivity index (χ0) is 42.2. The molecule has 0 saturated carbocycles. The van der Waals surface area contributed by atoms with Crippen molar-refractivity contribution in [3.63, 3.8) is 0 Å². The van der Waals surface area contributed by atoms with E-state index in [-0.39, 0.29) is 55.0 Å². The van der Waals surface area contributed by atoms with Gasteiger partial charge in [0.05, 0.1) is 4.90 Å². The van der Waals surface area contributed by atoms with Crippen molar-refractivity contribution in [1.82, 2.24) is 0 Å². The Kier molecular flexibility index (Phi) is 25.4. The zero-order valence-corrected chi connectivity index (χ0v) is 38.8. The summed E-state index contributed by atoms with van der Waals surface area (Å²) in [7, 11) is -9.12. The molecule has 0 aliphatic heterocycles. The van der Waals surface area contributed by atoms with E-state index in [0.29, 0.717) is 11.5 Å². The topological polar surface area (TPSA) is 173 Å². The maximum absolute atomic E-state index is 11.6. The number of phenols is 1. The van der Waals surface area contributed by atoms with Crippen LogP contribution in [-0.2, 0) is 33.1 Å². The van der Waals surface area contributed by atoms with Gasteiger partial charge >= 0.3 is 37.7 Å². The summed E-state index contributed by atoms with van der Waals surface area (Å²) in [5, 5.41) is 21.3. The Morgan fingerprint density at radius 1 is 0.508 bits per heavy atom. The molecule has 0 aliphatic rings. The van der Waals surface area contributed by atoms with E-state index >= 15 is 0 Å². The van der Waals surface area contributed by atoms with Gasteiger partial charge in [0.15, 0.2) is 0 Å². The van der Waals surface area contributed by atoms with Crippen LogP contribution >= 0.6 is 0 Å². The smallest absolute Gasteiger partial charge is 0.872 e. The molecule has 0 radical (unpaired) electrons. The number of phenolic OH excluding ortho intramolecular Hbond substituents is 1. The first kappa shape index (κ1) is 52.3. The average Bonchev–Trinajstić information content (AvgIpc) is 3.16. The van der Waals surface area contributed by atoms with Crippen molar-refractivity contribution >= 4 is 58.0 Å². The van der Waals surface area contributed by atoms with E-state index in [2.05, 4.69) is 13.8 Å². The molecule has 0 aliphatic carbocycles. The molecule has 0 atom stereocenters. The number of benzene rings is 4. The largest absolute Gasteiger partial charge is 2.00 e. The Morgan fingerprint density at radius 2 is 0.915 bits per heavy atom. The molecular weight excluding hydrogens is 817 g/mol. The predicted molar refractivity (Wildman–Crippen MR) is 232 cm³/mol. The van der Waals surface area contributed by atoms with Gasteiger partial charge < -0.3 is 24.2 Å². The standard InChI is InChI=1S/2C23H32O5S.Ca/c2*1-2-3-4-5-6-7-8-9-10-12-19-13-11-14-21(15-19)28-22-16-20(24)17-23(18-22)29(25,26)27;/h2*11,13-18,24H,2-10,12H2,1H3,(H,25,26,27);/q;;+2/p-2. The summed E-state index contributed by atoms with van der Waals surface area (Å²) in [5.41, 5.74) is 2.28. The van der Waals surface area contributed by atoms with Crippen LogP contribution in [-0.4, -0.2) is 68.8 Å². The molecule has 0 unspecified atom stereocenters. The van der Waals surface area contributed by atoms with Crippen molar-refractivity contribution in [2.45, 2.75) is 152 Å². The summed E-state index contributed by atoms with van der Waals surface area (Å²) in [6, 6.07) is 21.7. The minimum absolute atomic E-state index is 0. The maximum Gasteiger partial charge on any atom is 2.00 e. The van der Waals surface area contributed by atoms with Crippen LogP contribution in [0.3, 0.4) is 0 Å². The Bertz CT molecular complexity index is 1870. The third kappa shape index (κ3) is 22.5. The molecule has 4 rings (SSSR count). The van der Waals surface area contributed by atoms with Crippen molar-refractivity contribution in [1.29, 1.82) is 0 Å². The van der Waals surface area contributed by atoms with Gasteiger partial charge in [0.1, 0.15) is 43.8 Å². The molecule has 59 heavy (non-hydrogen) atoms. The zero-order valence-electron chi connectivity index (χ0n) is 34.9. The van der Waals surface area contributed by atoms with Gasteiger partial charge in [0.25, 0.3) is 10.1 Å². The van der Waals surface area contributed by atoms with E-state index in [4.69, 9.17) is 14.0 Å². The second kappa shape index (κ2) is 28.6. The fourth-order valence-corrected chi connectivity index (χ4v) is 7.65. The molecule has 4 aromatic rings. The predicted octanol–water partition coefficient (Wildman–Crippen LogP) is 11.7. The van der Waals surface area contributed by atoms with Crippen LogP contribution in [0.25, 0.3) is 0 Å². The van der Waals surface area contributed by atoms with E-state index in [1.54, 1.807) is 12.1 Å². The number of hydrogen-bond acceptors (Lipinski definition) is 9. The van der Waals surface area contributed by atoms with Gasteiger partial charge in [-0.05, 0) is 73.2 Å². The molecular formula is C46H62CaO10S2. The van der Waals surface area contributed by atoms with Crippen LogP contribution in [0.5, 0.6) is 34.5 Å². The summed E-state index contributed by atoms with van der Waals surface area (Å²) in [4.78, 5) is -0.982. The molecule has 4 aromatic carbocycles. The van der Waals surface area contributed by atoms with Gasteiger partial charge in [-0.3, -0.25) is 4.55 Å². The number of aryl methyl sites for hydroxylation is 2. The van der Waals surface area contributed by atoms with Gasteiger partial charge in [-0.25, -0.2) is 8.42 Å². The second-order valence-electron chi connectivity index (χ2n) is 14.9. The minimum Gasteiger partial charge on any atom is -0.872 e. The van der Waals surface area contributed by atoms with Crippen molar-refractivity contribution < 1.29 is 45.6 Å². The average molecular weight is 879 g/mol. The van der Waals surface area contributed by atoms with Gasteiger partial charge in [0, 0.05) is 18.2 Å². The van der Waals surface area contributed by atoms with E-state index in [0.717, 1.165) is 55.0 Å². The van der Waals surface area contributed by atoms with Crippen molar-refractivity contribution in [3.8, 4) is 34.5 Å². The molecule has 0 aromatic heterocycles. The monoisotopic (exact) mass is 878 g/mol. The summed E-state index contributed by atoms with van der Waals surface area (Å²) < 4.78 is 76.5.